The number of piperidine rings is 1. The lowest BCUT2D eigenvalue weighted by molar-refractivity contribution is 0.1000. The molecule has 1 aliphatic heterocycles. The zero-order valence-corrected chi connectivity index (χ0v) is 11.8. The fraction of sp³-hybridized carbons (Fsp3) is 0.533. The second kappa shape index (κ2) is 6.06. The molecule has 0 atom stereocenters. The minimum absolute atomic E-state index is 0.361. The minimum atomic E-state index is -0.361. The van der Waals surface area contributed by atoms with Crippen molar-refractivity contribution in [3.8, 4) is 0 Å². The summed E-state index contributed by atoms with van der Waals surface area (Å²) in [5.41, 5.74) is 7.94. The Hall–Kier alpha value is -1.55. The Bertz CT molecular complexity index is 451. The average molecular weight is 261 g/mol. The van der Waals surface area contributed by atoms with Crippen molar-refractivity contribution in [1.29, 1.82) is 0 Å². The third-order valence-electron chi connectivity index (χ3n) is 4.02. The number of rotatable bonds is 4. The Morgan fingerprint density at radius 3 is 2.74 bits per heavy atom. The van der Waals surface area contributed by atoms with E-state index in [1.165, 1.54) is 25.9 Å². The van der Waals surface area contributed by atoms with Crippen molar-refractivity contribution in [3.63, 3.8) is 0 Å². The van der Waals surface area contributed by atoms with E-state index in [1.54, 1.807) is 6.07 Å². The number of benzene rings is 1. The van der Waals surface area contributed by atoms with Crippen LogP contribution in [-0.4, -0.2) is 37.5 Å². The second-order valence-corrected chi connectivity index (χ2v) is 5.47. The molecule has 0 unspecified atom stereocenters. The van der Waals surface area contributed by atoms with Gasteiger partial charge in [0.2, 0.25) is 5.91 Å². The fourth-order valence-corrected chi connectivity index (χ4v) is 2.61. The van der Waals surface area contributed by atoms with Crippen LogP contribution in [0, 0.1) is 12.8 Å². The monoisotopic (exact) mass is 261 g/mol. The molecule has 0 spiro atoms. The number of nitrogens with two attached hydrogens (primary N) is 1. The molecule has 3 N–H and O–H groups in total. The van der Waals surface area contributed by atoms with Crippen LogP contribution in [0.5, 0.6) is 0 Å². The maximum atomic E-state index is 11.3. The molecule has 2 rings (SSSR count). The van der Waals surface area contributed by atoms with Crippen LogP contribution < -0.4 is 11.1 Å². The molecule has 104 valence electrons. The van der Waals surface area contributed by atoms with Gasteiger partial charge in [-0.05, 0) is 63.5 Å². The summed E-state index contributed by atoms with van der Waals surface area (Å²) in [5, 5.41) is 3.47. The summed E-state index contributed by atoms with van der Waals surface area (Å²) in [6.45, 7) is 5.26. The van der Waals surface area contributed by atoms with Crippen LogP contribution in [0.25, 0.3) is 0 Å². The number of hydrogen-bond donors (Lipinski definition) is 2. The fourth-order valence-electron chi connectivity index (χ4n) is 2.61. The SMILES string of the molecule is Cc1c(NCC2CCN(C)CC2)cccc1C(N)=O. The maximum absolute atomic E-state index is 11.3. The van der Waals surface area contributed by atoms with E-state index in [0.29, 0.717) is 11.5 Å². The van der Waals surface area contributed by atoms with Gasteiger partial charge in [0.1, 0.15) is 0 Å². The first-order chi connectivity index (χ1) is 9.08. The van der Waals surface area contributed by atoms with Gasteiger partial charge in [0.05, 0.1) is 0 Å². The third kappa shape index (κ3) is 3.47. The van der Waals surface area contributed by atoms with Crippen molar-refractivity contribution in [2.75, 3.05) is 32.0 Å². The highest BCUT2D eigenvalue weighted by Gasteiger charge is 2.17. The van der Waals surface area contributed by atoms with Crippen molar-refractivity contribution in [1.82, 2.24) is 4.90 Å². The lowest BCUT2D eigenvalue weighted by atomic mass is 9.97. The van der Waals surface area contributed by atoms with E-state index in [4.69, 9.17) is 5.73 Å². The molecule has 0 bridgehead atoms. The van der Waals surface area contributed by atoms with Crippen LogP contribution in [-0.2, 0) is 0 Å². The van der Waals surface area contributed by atoms with Crippen LogP contribution in [0.2, 0.25) is 0 Å². The number of hydrogen-bond acceptors (Lipinski definition) is 3. The van der Waals surface area contributed by atoms with E-state index in [9.17, 15) is 4.79 Å². The minimum Gasteiger partial charge on any atom is -0.385 e. The predicted molar refractivity (Wildman–Crippen MR) is 78.4 cm³/mol. The number of carbonyl (C=O) groups excluding carboxylic acids is 1. The normalized spacial score (nSPS) is 17.4. The molecule has 1 saturated heterocycles. The summed E-state index contributed by atoms with van der Waals surface area (Å²) in [4.78, 5) is 13.7. The first kappa shape index (κ1) is 13.9. The van der Waals surface area contributed by atoms with Gasteiger partial charge in [-0.15, -0.1) is 0 Å². The van der Waals surface area contributed by atoms with Crippen molar-refractivity contribution in [3.05, 3.63) is 29.3 Å². The molecule has 0 saturated carbocycles. The third-order valence-corrected chi connectivity index (χ3v) is 4.02. The quantitative estimate of drug-likeness (QED) is 0.869. The Kier molecular flexibility index (Phi) is 4.43. The number of anilines is 1. The van der Waals surface area contributed by atoms with Crippen molar-refractivity contribution in [2.45, 2.75) is 19.8 Å². The van der Waals surface area contributed by atoms with Gasteiger partial charge in [-0.1, -0.05) is 6.07 Å². The van der Waals surface area contributed by atoms with Crippen LogP contribution >= 0.6 is 0 Å². The summed E-state index contributed by atoms with van der Waals surface area (Å²) in [5.74, 6) is 0.355. The number of carbonyl (C=O) groups is 1. The summed E-state index contributed by atoms with van der Waals surface area (Å²) in [7, 11) is 2.17. The topological polar surface area (TPSA) is 58.4 Å². The molecule has 1 amide bonds. The summed E-state index contributed by atoms with van der Waals surface area (Å²) in [6, 6.07) is 5.67. The molecular formula is C15H23N3O. The molecule has 4 heteroatoms. The highest BCUT2D eigenvalue weighted by Crippen LogP contribution is 2.21. The number of amides is 1. The Morgan fingerprint density at radius 1 is 1.42 bits per heavy atom. The van der Waals surface area contributed by atoms with Crippen LogP contribution in [0.1, 0.15) is 28.8 Å². The van der Waals surface area contributed by atoms with Gasteiger partial charge < -0.3 is 16.0 Å². The lowest BCUT2D eigenvalue weighted by Crippen LogP contribution is -2.33. The standard InChI is InChI=1S/C15H23N3O/c1-11-13(15(16)19)4-3-5-14(11)17-10-12-6-8-18(2)9-7-12/h3-5,12,17H,6-10H2,1-2H3,(H2,16,19). The number of primary amides is 1. The Morgan fingerprint density at radius 2 is 2.11 bits per heavy atom. The average Bonchev–Trinajstić information content (AvgIpc) is 2.39. The molecule has 0 radical (unpaired) electrons. The van der Waals surface area contributed by atoms with E-state index >= 15 is 0 Å². The molecule has 0 aromatic heterocycles. The van der Waals surface area contributed by atoms with Crippen LogP contribution in [0.3, 0.4) is 0 Å². The van der Waals surface area contributed by atoms with Crippen molar-refractivity contribution >= 4 is 11.6 Å². The van der Waals surface area contributed by atoms with Gasteiger partial charge in [-0.2, -0.15) is 0 Å². The zero-order chi connectivity index (χ0) is 13.8. The lowest BCUT2D eigenvalue weighted by Gasteiger charge is -2.29. The van der Waals surface area contributed by atoms with Crippen LogP contribution in [0.15, 0.2) is 18.2 Å². The summed E-state index contributed by atoms with van der Waals surface area (Å²) >= 11 is 0. The number of nitrogens with one attached hydrogen (secondary N) is 1. The molecule has 1 aromatic rings. The predicted octanol–water partition coefficient (Wildman–Crippen LogP) is 1.85. The molecule has 1 aromatic carbocycles. The van der Waals surface area contributed by atoms with Gasteiger partial charge in [0.15, 0.2) is 0 Å². The molecule has 1 fully saturated rings. The zero-order valence-electron chi connectivity index (χ0n) is 11.8. The van der Waals surface area contributed by atoms with E-state index in [1.807, 2.05) is 19.1 Å². The van der Waals surface area contributed by atoms with Crippen LogP contribution in [0.4, 0.5) is 5.69 Å². The van der Waals surface area contributed by atoms with E-state index in [-0.39, 0.29) is 5.91 Å². The van der Waals surface area contributed by atoms with Gasteiger partial charge in [0.25, 0.3) is 0 Å². The highest BCUT2D eigenvalue weighted by molar-refractivity contribution is 5.95. The van der Waals surface area contributed by atoms with Crippen molar-refractivity contribution < 1.29 is 4.79 Å². The molecule has 0 aliphatic carbocycles. The first-order valence-electron chi connectivity index (χ1n) is 6.89. The second-order valence-electron chi connectivity index (χ2n) is 5.47. The van der Waals surface area contributed by atoms with Gasteiger partial charge >= 0.3 is 0 Å². The Labute approximate surface area is 115 Å². The number of likely N-dealkylation sites (tertiary alicyclic amines) is 1. The number of nitrogens with zero attached hydrogens (tertiary/aromatic N) is 1. The molecule has 19 heavy (non-hydrogen) atoms. The molecule has 1 heterocycles. The van der Waals surface area contributed by atoms with Gasteiger partial charge in [-0.25, -0.2) is 0 Å². The molecule has 1 aliphatic rings. The highest BCUT2D eigenvalue weighted by atomic mass is 16.1. The maximum Gasteiger partial charge on any atom is 0.249 e. The largest absolute Gasteiger partial charge is 0.385 e. The summed E-state index contributed by atoms with van der Waals surface area (Å²) in [6.07, 6.45) is 2.47. The van der Waals surface area contributed by atoms with Gasteiger partial charge in [-0.3, -0.25) is 4.79 Å². The Balaban J connectivity index is 1.96. The van der Waals surface area contributed by atoms with E-state index in [0.717, 1.165) is 17.8 Å². The van der Waals surface area contributed by atoms with Gasteiger partial charge in [0, 0.05) is 17.8 Å². The van der Waals surface area contributed by atoms with E-state index in [2.05, 4.69) is 17.3 Å². The van der Waals surface area contributed by atoms with Crippen molar-refractivity contribution in [2.24, 2.45) is 11.7 Å². The smallest absolute Gasteiger partial charge is 0.249 e. The molecular weight excluding hydrogens is 238 g/mol. The van der Waals surface area contributed by atoms with E-state index < -0.39 is 0 Å². The summed E-state index contributed by atoms with van der Waals surface area (Å²) < 4.78 is 0. The molecule has 4 nitrogen and oxygen atoms in total. The first-order valence-corrected chi connectivity index (χ1v) is 6.89.